The molecule has 0 spiro atoms. The zero-order chi connectivity index (χ0) is 12.3. The third-order valence-electron chi connectivity index (χ3n) is 2.47. The summed E-state index contributed by atoms with van der Waals surface area (Å²) in [5.41, 5.74) is 0.0382. The van der Waals surface area contributed by atoms with Gasteiger partial charge in [-0.05, 0) is 17.9 Å². The monoisotopic (exact) mass is 250 g/mol. The highest BCUT2D eigenvalue weighted by molar-refractivity contribution is 7.13. The Hall–Kier alpha value is -1.69. The first-order valence-electron chi connectivity index (χ1n) is 5.51. The van der Waals surface area contributed by atoms with Crippen molar-refractivity contribution in [3.8, 4) is 10.6 Å². The summed E-state index contributed by atoms with van der Waals surface area (Å²) in [6.07, 6.45) is 2.66. The number of hydrogen-bond acceptors (Lipinski definition) is 5. The Kier molecular flexibility index (Phi) is 3.53. The fraction of sp³-hybridized carbons (Fsp3) is 0.364. The van der Waals surface area contributed by atoms with Crippen molar-refractivity contribution in [3.63, 3.8) is 0 Å². The van der Waals surface area contributed by atoms with Crippen molar-refractivity contribution in [1.29, 1.82) is 0 Å². The molecule has 0 radical (unpaired) electrons. The molecule has 2 aromatic rings. The molecule has 2 heterocycles. The van der Waals surface area contributed by atoms with Crippen molar-refractivity contribution < 1.29 is 0 Å². The molecule has 0 atom stereocenters. The van der Waals surface area contributed by atoms with Crippen LogP contribution in [0.15, 0.2) is 22.3 Å². The number of unbranched alkanes of at least 4 members (excludes halogenated alkanes) is 1. The molecule has 0 unspecified atom stereocenters. The molecule has 0 bridgehead atoms. The third-order valence-corrected chi connectivity index (χ3v) is 3.35. The lowest BCUT2D eigenvalue weighted by Crippen LogP contribution is -2.33. The summed E-state index contributed by atoms with van der Waals surface area (Å²) in [5, 5.41) is 9.90. The second kappa shape index (κ2) is 5.09. The van der Waals surface area contributed by atoms with Crippen LogP contribution in [0.4, 0.5) is 0 Å². The fourth-order valence-corrected chi connectivity index (χ4v) is 2.20. The van der Waals surface area contributed by atoms with E-state index in [-0.39, 0.29) is 5.56 Å². The van der Waals surface area contributed by atoms with E-state index in [9.17, 15) is 4.79 Å². The van der Waals surface area contributed by atoms with Crippen LogP contribution in [0, 0.1) is 0 Å². The molecule has 2 aromatic heterocycles. The molecule has 0 saturated heterocycles. The molecule has 6 heteroatoms. The molecule has 2 rings (SSSR count). The summed E-state index contributed by atoms with van der Waals surface area (Å²) in [5.74, 6) is 6.28. The molecule has 90 valence electrons. The lowest BCUT2D eigenvalue weighted by Gasteiger charge is -2.06. The van der Waals surface area contributed by atoms with Crippen molar-refractivity contribution in [2.24, 2.45) is 0 Å². The summed E-state index contributed by atoms with van der Waals surface area (Å²) in [7, 11) is 0. The molecule has 17 heavy (non-hydrogen) atoms. The average Bonchev–Trinajstić information content (AvgIpc) is 2.85. The van der Waals surface area contributed by atoms with E-state index in [0.717, 1.165) is 22.4 Å². The van der Waals surface area contributed by atoms with Crippen LogP contribution >= 0.6 is 11.3 Å². The van der Waals surface area contributed by atoms with Gasteiger partial charge in [0.05, 0.1) is 4.88 Å². The Balaban J connectivity index is 2.40. The summed E-state index contributed by atoms with van der Waals surface area (Å²) in [4.78, 5) is 12.8. The smallest absolute Gasteiger partial charge is 0.299 e. The molecule has 0 aliphatic heterocycles. The highest BCUT2D eigenvalue weighted by atomic mass is 32.1. The minimum Gasteiger partial charge on any atom is -0.335 e. The van der Waals surface area contributed by atoms with Crippen LogP contribution in [0.3, 0.4) is 0 Å². The largest absolute Gasteiger partial charge is 0.335 e. The van der Waals surface area contributed by atoms with Crippen LogP contribution in [0.25, 0.3) is 10.6 Å². The maximum atomic E-state index is 12.0. The zero-order valence-electron chi connectivity index (χ0n) is 9.59. The summed E-state index contributed by atoms with van der Waals surface area (Å²) in [6, 6.07) is 3.70. The van der Waals surface area contributed by atoms with Crippen molar-refractivity contribution >= 4 is 11.3 Å². The molecule has 5 nitrogen and oxygen atoms in total. The Morgan fingerprint density at radius 3 is 2.94 bits per heavy atom. The van der Waals surface area contributed by atoms with Crippen LogP contribution in [0.5, 0.6) is 0 Å². The molecule has 0 fully saturated rings. The molecule has 0 amide bonds. The van der Waals surface area contributed by atoms with Crippen molar-refractivity contribution in [2.45, 2.75) is 26.2 Å². The van der Waals surface area contributed by atoms with E-state index in [1.807, 2.05) is 17.5 Å². The summed E-state index contributed by atoms with van der Waals surface area (Å²) >= 11 is 1.45. The molecular weight excluding hydrogens is 236 g/mol. The Bertz CT molecular complexity index is 547. The first kappa shape index (κ1) is 11.8. The van der Waals surface area contributed by atoms with E-state index in [1.54, 1.807) is 0 Å². The Morgan fingerprint density at radius 1 is 1.47 bits per heavy atom. The number of rotatable bonds is 4. The van der Waals surface area contributed by atoms with Crippen LogP contribution in [-0.2, 0) is 6.42 Å². The molecular formula is C11H14N4OS. The second-order valence-corrected chi connectivity index (χ2v) is 4.67. The minimum absolute atomic E-state index is 0.284. The predicted octanol–water partition coefficient (Wildman–Crippen LogP) is 1.42. The minimum atomic E-state index is -0.284. The van der Waals surface area contributed by atoms with Crippen LogP contribution in [0.1, 0.15) is 25.6 Å². The lowest BCUT2D eigenvalue weighted by atomic mass is 10.2. The van der Waals surface area contributed by atoms with Gasteiger partial charge in [-0.1, -0.05) is 19.4 Å². The summed E-state index contributed by atoms with van der Waals surface area (Å²) in [6.45, 7) is 2.08. The quantitative estimate of drug-likeness (QED) is 0.833. The zero-order valence-corrected chi connectivity index (χ0v) is 10.4. The molecule has 2 N–H and O–H groups in total. The number of hydrogen-bond donors (Lipinski definition) is 1. The topological polar surface area (TPSA) is 73.8 Å². The molecule has 0 aromatic carbocycles. The molecule has 0 saturated carbocycles. The van der Waals surface area contributed by atoms with Gasteiger partial charge in [-0.25, -0.2) is 4.68 Å². The number of nitrogen functional groups attached to an aromatic ring is 1. The Labute approximate surface area is 103 Å². The molecule has 0 aliphatic carbocycles. The second-order valence-electron chi connectivity index (χ2n) is 3.72. The van der Waals surface area contributed by atoms with Gasteiger partial charge >= 0.3 is 0 Å². The third kappa shape index (κ3) is 2.36. The van der Waals surface area contributed by atoms with E-state index in [2.05, 4.69) is 17.1 Å². The van der Waals surface area contributed by atoms with Crippen molar-refractivity contribution in [3.05, 3.63) is 33.7 Å². The van der Waals surface area contributed by atoms with Gasteiger partial charge in [0.2, 0.25) is 0 Å². The predicted molar refractivity (Wildman–Crippen MR) is 68.4 cm³/mol. The Morgan fingerprint density at radius 2 is 2.29 bits per heavy atom. The lowest BCUT2D eigenvalue weighted by molar-refractivity contribution is 0.672. The van der Waals surface area contributed by atoms with Crippen LogP contribution in [-0.4, -0.2) is 14.9 Å². The number of nitrogens with zero attached hydrogens (tertiary/aromatic N) is 3. The highest BCUT2D eigenvalue weighted by Gasteiger charge is 2.12. The van der Waals surface area contributed by atoms with Gasteiger partial charge in [0, 0.05) is 6.42 Å². The summed E-state index contributed by atoms with van der Waals surface area (Å²) < 4.78 is 1.11. The number of aromatic nitrogens is 3. The number of thiophene rings is 1. The van der Waals surface area contributed by atoms with Crippen molar-refractivity contribution in [1.82, 2.24) is 14.9 Å². The fourth-order valence-electron chi connectivity index (χ4n) is 1.50. The van der Waals surface area contributed by atoms with Crippen LogP contribution < -0.4 is 11.4 Å². The van der Waals surface area contributed by atoms with Gasteiger partial charge in [0.1, 0.15) is 0 Å². The van der Waals surface area contributed by atoms with E-state index < -0.39 is 0 Å². The SMILES string of the molecule is CCCCc1nnc(-c2cccs2)c(=O)n1N. The highest BCUT2D eigenvalue weighted by Crippen LogP contribution is 2.18. The normalized spacial score (nSPS) is 10.6. The van der Waals surface area contributed by atoms with Gasteiger partial charge in [-0.2, -0.15) is 0 Å². The van der Waals surface area contributed by atoms with Gasteiger partial charge in [-0.15, -0.1) is 21.5 Å². The first-order chi connectivity index (χ1) is 8.24. The van der Waals surface area contributed by atoms with Gasteiger partial charge in [0.25, 0.3) is 5.56 Å². The number of nitrogens with two attached hydrogens (primary N) is 1. The standard InChI is InChI=1S/C11H14N4OS/c1-2-3-6-9-13-14-10(11(16)15(9)12)8-5-4-7-17-8/h4-5,7H,2-3,6,12H2,1H3. The number of aryl methyl sites for hydroxylation is 1. The van der Waals surface area contributed by atoms with E-state index in [0.29, 0.717) is 17.9 Å². The van der Waals surface area contributed by atoms with Gasteiger partial charge in [-0.3, -0.25) is 4.79 Å². The average molecular weight is 250 g/mol. The van der Waals surface area contributed by atoms with E-state index in [4.69, 9.17) is 5.84 Å². The first-order valence-corrected chi connectivity index (χ1v) is 6.39. The molecule has 0 aliphatic rings. The van der Waals surface area contributed by atoms with E-state index >= 15 is 0 Å². The van der Waals surface area contributed by atoms with Crippen LogP contribution in [0.2, 0.25) is 0 Å². The maximum absolute atomic E-state index is 12.0. The van der Waals surface area contributed by atoms with Crippen molar-refractivity contribution in [2.75, 3.05) is 5.84 Å². The van der Waals surface area contributed by atoms with E-state index in [1.165, 1.54) is 11.3 Å². The maximum Gasteiger partial charge on any atom is 0.299 e. The van der Waals surface area contributed by atoms with Gasteiger partial charge in [0.15, 0.2) is 11.5 Å². The van der Waals surface area contributed by atoms with Gasteiger partial charge < -0.3 is 5.84 Å².